The number of ether oxygens (including phenoxy) is 2. The van der Waals surface area contributed by atoms with Crippen molar-refractivity contribution in [3.8, 4) is 0 Å². The zero-order valence-electron chi connectivity index (χ0n) is 19.0. The monoisotopic (exact) mass is 408 g/mol. The Hall–Kier alpha value is -1.32. The van der Waals surface area contributed by atoms with Crippen LogP contribution in [0.15, 0.2) is 12.2 Å². The van der Waals surface area contributed by atoms with Gasteiger partial charge in [0.1, 0.15) is 0 Å². The van der Waals surface area contributed by atoms with Crippen LogP contribution in [0.25, 0.3) is 0 Å². The van der Waals surface area contributed by atoms with Gasteiger partial charge in [-0.05, 0) is 25.7 Å². The maximum absolute atomic E-state index is 12.5. The summed E-state index contributed by atoms with van der Waals surface area (Å²) in [5, 5.41) is 0. The summed E-state index contributed by atoms with van der Waals surface area (Å²) in [5.74, 6) is -1.25. The van der Waals surface area contributed by atoms with Crippen LogP contribution in [0.2, 0.25) is 0 Å². The second-order valence-electron chi connectivity index (χ2n) is 8.38. The number of hydrogen-bond acceptors (Lipinski definition) is 4. The average Bonchev–Trinajstić information content (AvgIpc) is 2.74. The second kappa shape index (κ2) is 17.5. The minimum absolute atomic E-state index is 0.234. The zero-order chi connectivity index (χ0) is 21.2. The van der Waals surface area contributed by atoms with Crippen LogP contribution < -0.4 is 0 Å². The largest absolute Gasteiger partial charge is 0.465 e. The number of unbranched alkanes of at least 4 members (excludes halogenated alkanes) is 11. The minimum Gasteiger partial charge on any atom is -0.465 e. The van der Waals surface area contributed by atoms with Crippen LogP contribution in [-0.4, -0.2) is 25.2 Å². The summed E-state index contributed by atoms with van der Waals surface area (Å²) in [6.07, 6.45) is 20.5. The molecular weight excluding hydrogens is 364 g/mol. The van der Waals surface area contributed by atoms with Gasteiger partial charge in [0.2, 0.25) is 0 Å². The molecule has 1 aliphatic rings. The Labute approximate surface area is 178 Å². The van der Waals surface area contributed by atoms with E-state index >= 15 is 0 Å². The Morgan fingerprint density at radius 1 is 0.621 bits per heavy atom. The van der Waals surface area contributed by atoms with Crippen molar-refractivity contribution in [3.05, 3.63) is 12.2 Å². The first-order valence-corrected chi connectivity index (χ1v) is 12.2. The molecule has 0 N–H and O–H groups in total. The molecule has 0 heterocycles. The fourth-order valence-electron chi connectivity index (χ4n) is 3.84. The van der Waals surface area contributed by atoms with E-state index in [0.717, 1.165) is 25.7 Å². The van der Waals surface area contributed by atoms with Gasteiger partial charge >= 0.3 is 11.9 Å². The number of allylic oxidation sites excluding steroid dienone is 2. The standard InChI is InChI=1S/C25H44O4/c1-3-5-7-9-10-11-13-17-21-29-25(27)23-19-15-14-18-22(23)24(26)28-20-16-12-8-6-4-2/h14-15,22-23H,3-13,16-21H2,1-2H3. The van der Waals surface area contributed by atoms with Crippen molar-refractivity contribution in [3.63, 3.8) is 0 Å². The van der Waals surface area contributed by atoms with Gasteiger partial charge in [0.15, 0.2) is 0 Å². The lowest BCUT2D eigenvalue weighted by Gasteiger charge is -2.25. The van der Waals surface area contributed by atoms with Crippen molar-refractivity contribution >= 4 is 11.9 Å². The third-order valence-corrected chi connectivity index (χ3v) is 5.77. The van der Waals surface area contributed by atoms with Gasteiger partial charge in [-0.3, -0.25) is 9.59 Å². The van der Waals surface area contributed by atoms with E-state index in [2.05, 4.69) is 13.8 Å². The summed E-state index contributed by atoms with van der Waals surface area (Å²) in [4.78, 5) is 25.0. The van der Waals surface area contributed by atoms with Gasteiger partial charge in [-0.2, -0.15) is 0 Å². The summed E-state index contributed by atoms with van der Waals surface area (Å²) in [7, 11) is 0. The van der Waals surface area contributed by atoms with E-state index in [9.17, 15) is 9.59 Å². The van der Waals surface area contributed by atoms with Gasteiger partial charge in [0, 0.05) is 0 Å². The number of esters is 2. The first-order valence-electron chi connectivity index (χ1n) is 12.2. The van der Waals surface area contributed by atoms with E-state index in [1.807, 2.05) is 12.2 Å². The van der Waals surface area contributed by atoms with Crippen LogP contribution in [0.4, 0.5) is 0 Å². The summed E-state index contributed by atoms with van der Waals surface area (Å²) >= 11 is 0. The molecule has 168 valence electrons. The molecular formula is C25H44O4. The molecule has 0 aromatic rings. The van der Waals surface area contributed by atoms with Crippen LogP contribution in [-0.2, 0) is 19.1 Å². The van der Waals surface area contributed by atoms with Crippen molar-refractivity contribution in [2.45, 2.75) is 110 Å². The summed E-state index contributed by atoms with van der Waals surface area (Å²) in [6, 6.07) is 0. The first-order chi connectivity index (χ1) is 14.2. The highest BCUT2D eigenvalue weighted by atomic mass is 16.5. The molecule has 0 aromatic heterocycles. The average molecular weight is 409 g/mol. The van der Waals surface area contributed by atoms with Crippen molar-refractivity contribution < 1.29 is 19.1 Å². The van der Waals surface area contributed by atoms with Crippen molar-refractivity contribution in [2.75, 3.05) is 13.2 Å². The molecule has 0 aliphatic heterocycles. The quantitative estimate of drug-likeness (QED) is 0.151. The SMILES string of the molecule is CCCCCCCCCCOC(=O)C1CC=CCC1C(=O)OCCCCCCC. The van der Waals surface area contributed by atoms with Crippen LogP contribution in [0, 0.1) is 11.8 Å². The van der Waals surface area contributed by atoms with Crippen LogP contribution in [0.1, 0.15) is 110 Å². The lowest BCUT2D eigenvalue weighted by atomic mass is 9.83. The first kappa shape index (κ1) is 25.7. The van der Waals surface area contributed by atoms with Crippen LogP contribution >= 0.6 is 0 Å². The van der Waals surface area contributed by atoms with Gasteiger partial charge in [-0.25, -0.2) is 0 Å². The Kier molecular flexibility index (Phi) is 15.5. The number of rotatable bonds is 17. The molecule has 0 radical (unpaired) electrons. The van der Waals surface area contributed by atoms with E-state index < -0.39 is 0 Å². The van der Waals surface area contributed by atoms with E-state index in [1.165, 1.54) is 57.8 Å². The lowest BCUT2D eigenvalue weighted by Crippen LogP contribution is -2.34. The normalized spacial score (nSPS) is 18.6. The fraction of sp³-hybridized carbons (Fsp3) is 0.840. The Morgan fingerprint density at radius 3 is 1.34 bits per heavy atom. The molecule has 0 fully saturated rings. The van der Waals surface area contributed by atoms with Crippen molar-refractivity contribution in [1.82, 2.24) is 0 Å². The predicted molar refractivity (Wildman–Crippen MR) is 119 cm³/mol. The predicted octanol–water partition coefficient (Wildman–Crippen LogP) is 6.77. The number of carbonyl (C=O) groups is 2. The molecule has 4 heteroatoms. The number of hydrogen-bond donors (Lipinski definition) is 0. The molecule has 0 amide bonds. The third kappa shape index (κ3) is 12.1. The molecule has 29 heavy (non-hydrogen) atoms. The van der Waals surface area contributed by atoms with Crippen molar-refractivity contribution in [1.29, 1.82) is 0 Å². The van der Waals surface area contributed by atoms with Gasteiger partial charge in [-0.15, -0.1) is 0 Å². The smallest absolute Gasteiger partial charge is 0.310 e. The molecule has 0 bridgehead atoms. The molecule has 0 saturated heterocycles. The lowest BCUT2D eigenvalue weighted by molar-refractivity contribution is -0.161. The molecule has 1 aliphatic carbocycles. The van der Waals surface area contributed by atoms with E-state index in [4.69, 9.17) is 9.47 Å². The zero-order valence-corrected chi connectivity index (χ0v) is 19.0. The van der Waals surface area contributed by atoms with Crippen molar-refractivity contribution in [2.24, 2.45) is 11.8 Å². The highest BCUT2D eigenvalue weighted by molar-refractivity contribution is 5.82. The second-order valence-corrected chi connectivity index (χ2v) is 8.38. The Balaban J connectivity index is 2.21. The summed E-state index contributed by atoms with van der Waals surface area (Å²) < 4.78 is 11.0. The molecule has 2 unspecified atom stereocenters. The third-order valence-electron chi connectivity index (χ3n) is 5.77. The summed E-state index contributed by atoms with van der Waals surface area (Å²) in [6.45, 7) is 5.34. The van der Waals surface area contributed by atoms with Crippen LogP contribution in [0.3, 0.4) is 0 Å². The van der Waals surface area contributed by atoms with Gasteiger partial charge in [0.05, 0.1) is 25.0 Å². The Morgan fingerprint density at radius 2 is 0.966 bits per heavy atom. The molecule has 1 rings (SSSR count). The van der Waals surface area contributed by atoms with E-state index in [-0.39, 0.29) is 23.8 Å². The summed E-state index contributed by atoms with van der Waals surface area (Å²) in [5.41, 5.74) is 0. The van der Waals surface area contributed by atoms with E-state index in [0.29, 0.717) is 26.1 Å². The molecule has 0 aromatic carbocycles. The Bertz CT molecular complexity index is 458. The highest BCUT2D eigenvalue weighted by Gasteiger charge is 2.36. The van der Waals surface area contributed by atoms with Crippen LogP contribution in [0.5, 0.6) is 0 Å². The maximum atomic E-state index is 12.5. The van der Waals surface area contributed by atoms with E-state index in [1.54, 1.807) is 0 Å². The topological polar surface area (TPSA) is 52.6 Å². The highest BCUT2D eigenvalue weighted by Crippen LogP contribution is 2.28. The molecule has 2 atom stereocenters. The van der Waals surface area contributed by atoms with Gasteiger partial charge in [-0.1, -0.05) is 96.6 Å². The van der Waals surface area contributed by atoms with Gasteiger partial charge < -0.3 is 9.47 Å². The van der Waals surface area contributed by atoms with Gasteiger partial charge in [0.25, 0.3) is 0 Å². The number of carbonyl (C=O) groups excluding carboxylic acids is 2. The minimum atomic E-state index is -0.387. The fourth-order valence-corrected chi connectivity index (χ4v) is 3.84. The maximum Gasteiger partial charge on any atom is 0.310 e. The molecule has 0 saturated carbocycles. The molecule has 0 spiro atoms. The molecule has 4 nitrogen and oxygen atoms in total.